The van der Waals surface area contributed by atoms with E-state index in [1.54, 1.807) is 0 Å². The molecule has 5 nitrogen and oxygen atoms in total. The van der Waals surface area contributed by atoms with Crippen molar-refractivity contribution >= 4 is 21.9 Å². The molecule has 2 aromatic carbocycles. The van der Waals surface area contributed by atoms with Crippen LogP contribution < -0.4 is 11.3 Å². The van der Waals surface area contributed by atoms with Crippen molar-refractivity contribution in [2.75, 3.05) is 6.54 Å². The molecule has 3 N–H and O–H groups in total. The van der Waals surface area contributed by atoms with Gasteiger partial charge in [-0.15, -0.1) is 0 Å². The molecule has 132 valence electrons. The van der Waals surface area contributed by atoms with Gasteiger partial charge in [0, 0.05) is 28.7 Å². The monoisotopic (exact) mass is 346 g/mol. The van der Waals surface area contributed by atoms with E-state index in [0.29, 0.717) is 12.2 Å². The minimum absolute atomic E-state index is 0.153. The number of nitrogens with two attached hydrogens (primary N) is 1. The Kier molecular flexibility index (Phi) is 4.31. The highest BCUT2D eigenvalue weighted by atomic mass is 16.1. The van der Waals surface area contributed by atoms with E-state index in [0.717, 1.165) is 52.6 Å². The Morgan fingerprint density at radius 3 is 2.69 bits per heavy atom. The lowest BCUT2D eigenvalue weighted by Gasteiger charge is -2.10. The van der Waals surface area contributed by atoms with Gasteiger partial charge in [0.05, 0.1) is 11.0 Å². The number of aromatic amines is 1. The number of hydrogen-bond donors (Lipinski definition) is 2. The van der Waals surface area contributed by atoms with Crippen molar-refractivity contribution in [2.45, 2.75) is 26.3 Å². The lowest BCUT2D eigenvalue weighted by atomic mass is 10.1. The SMILES string of the molecule is CCc1c(-c2nc3ccccc3[nH]c2=O)c2ccccc2n1CCCN. The number of aryl methyl sites for hydroxylation is 1. The molecule has 2 aromatic heterocycles. The van der Waals surface area contributed by atoms with Crippen molar-refractivity contribution < 1.29 is 0 Å². The summed E-state index contributed by atoms with van der Waals surface area (Å²) in [6.07, 6.45) is 1.72. The second kappa shape index (κ2) is 6.77. The first kappa shape index (κ1) is 16.5. The van der Waals surface area contributed by atoms with E-state index >= 15 is 0 Å². The molecule has 5 heteroatoms. The van der Waals surface area contributed by atoms with Crippen LogP contribution >= 0.6 is 0 Å². The fraction of sp³-hybridized carbons (Fsp3) is 0.238. The maximum atomic E-state index is 12.8. The highest BCUT2D eigenvalue weighted by Crippen LogP contribution is 2.33. The maximum Gasteiger partial charge on any atom is 0.275 e. The van der Waals surface area contributed by atoms with Gasteiger partial charge in [0.2, 0.25) is 0 Å². The number of nitrogens with zero attached hydrogens (tertiary/aromatic N) is 2. The van der Waals surface area contributed by atoms with Crippen molar-refractivity contribution in [1.82, 2.24) is 14.5 Å². The lowest BCUT2D eigenvalue weighted by molar-refractivity contribution is 0.647. The van der Waals surface area contributed by atoms with Crippen molar-refractivity contribution in [3.63, 3.8) is 0 Å². The van der Waals surface area contributed by atoms with E-state index in [4.69, 9.17) is 10.7 Å². The fourth-order valence-corrected chi connectivity index (χ4v) is 3.69. The number of hydrogen-bond acceptors (Lipinski definition) is 3. The van der Waals surface area contributed by atoms with E-state index < -0.39 is 0 Å². The molecule has 0 aliphatic carbocycles. The Morgan fingerprint density at radius 1 is 1.12 bits per heavy atom. The number of aromatic nitrogens is 3. The Labute approximate surface area is 151 Å². The Bertz CT molecular complexity index is 1140. The van der Waals surface area contributed by atoms with Gasteiger partial charge in [-0.25, -0.2) is 4.98 Å². The van der Waals surface area contributed by atoms with Gasteiger partial charge in [-0.1, -0.05) is 37.3 Å². The number of H-pyrrole nitrogens is 1. The molecule has 0 aliphatic rings. The predicted molar refractivity (Wildman–Crippen MR) is 106 cm³/mol. The summed E-state index contributed by atoms with van der Waals surface area (Å²) in [5.41, 5.74) is 10.8. The number of nitrogens with one attached hydrogen (secondary N) is 1. The van der Waals surface area contributed by atoms with E-state index in [-0.39, 0.29) is 5.56 Å². The van der Waals surface area contributed by atoms with Gasteiger partial charge >= 0.3 is 0 Å². The van der Waals surface area contributed by atoms with Crippen molar-refractivity contribution in [3.8, 4) is 11.3 Å². The zero-order valence-corrected chi connectivity index (χ0v) is 14.8. The van der Waals surface area contributed by atoms with E-state index in [1.165, 1.54) is 0 Å². The van der Waals surface area contributed by atoms with Gasteiger partial charge in [-0.05, 0) is 37.6 Å². The quantitative estimate of drug-likeness (QED) is 0.581. The van der Waals surface area contributed by atoms with Crippen molar-refractivity contribution in [1.29, 1.82) is 0 Å². The topological polar surface area (TPSA) is 76.7 Å². The molecule has 0 atom stereocenters. The predicted octanol–water partition coefficient (Wildman–Crippen LogP) is 3.46. The average Bonchev–Trinajstić information content (AvgIpc) is 2.99. The second-order valence-electron chi connectivity index (χ2n) is 6.42. The van der Waals surface area contributed by atoms with Crippen molar-refractivity contribution in [3.05, 3.63) is 64.6 Å². The van der Waals surface area contributed by atoms with Crippen LogP contribution in [0.2, 0.25) is 0 Å². The van der Waals surface area contributed by atoms with Crippen LogP contribution in [0.5, 0.6) is 0 Å². The average molecular weight is 346 g/mol. The third-order valence-corrected chi connectivity index (χ3v) is 4.84. The molecular formula is C21H22N4O. The Hall–Kier alpha value is -2.92. The number of rotatable bonds is 5. The maximum absolute atomic E-state index is 12.8. The van der Waals surface area contributed by atoms with Crippen LogP contribution in [0, 0.1) is 0 Å². The Morgan fingerprint density at radius 2 is 1.88 bits per heavy atom. The zero-order chi connectivity index (χ0) is 18.1. The third kappa shape index (κ3) is 2.61. The molecule has 26 heavy (non-hydrogen) atoms. The molecule has 0 radical (unpaired) electrons. The minimum atomic E-state index is -0.153. The molecule has 0 spiro atoms. The largest absolute Gasteiger partial charge is 0.344 e. The number of para-hydroxylation sites is 3. The summed E-state index contributed by atoms with van der Waals surface area (Å²) in [5, 5.41) is 1.06. The van der Waals surface area contributed by atoms with Crippen molar-refractivity contribution in [2.24, 2.45) is 5.73 Å². The minimum Gasteiger partial charge on any atom is -0.344 e. The molecule has 0 fully saturated rings. The van der Waals surface area contributed by atoms with Crippen LogP contribution in [0.25, 0.3) is 33.2 Å². The molecule has 0 saturated carbocycles. The van der Waals surface area contributed by atoms with E-state index in [2.05, 4.69) is 28.6 Å². The third-order valence-electron chi connectivity index (χ3n) is 4.84. The van der Waals surface area contributed by atoms with Crippen LogP contribution in [0.4, 0.5) is 0 Å². The second-order valence-corrected chi connectivity index (χ2v) is 6.42. The lowest BCUT2D eigenvalue weighted by Crippen LogP contribution is -2.13. The van der Waals surface area contributed by atoms with Gasteiger partial charge < -0.3 is 15.3 Å². The highest BCUT2D eigenvalue weighted by molar-refractivity contribution is 5.97. The smallest absolute Gasteiger partial charge is 0.275 e. The van der Waals surface area contributed by atoms with Gasteiger partial charge in [-0.3, -0.25) is 4.79 Å². The van der Waals surface area contributed by atoms with Gasteiger partial charge in [0.15, 0.2) is 0 Å². The molecule has 4 aromatic rings. The van der Waals surface area contributed by atoms with Gasteiger partial charge in [0.25, 0.3) is 5.56 Å². The summed E-state index contributed by atoms with van der Waals surface area (Å²) in [6, 6.07) is 15.8. The first-order chi connectivity index (χ1) is 12.7. The summed E-state index contributed by atoms with van der Waals surface area (Å²) in [6.45, 7) is 3.59. The standard InChI is InChI=1S/C21H22N4O/c1-2-17-19(14-8-3-6-11-18(14)25(17)13-7-12-22)20-21(26)24-16-10-5-4-9-15(16)23-20/h3-6,8-11H,2,7,12-13,22H2,1H3,(H,24,26). The zero-order valence-electron chi connectivity index (χ0n) is 14.8. The molecule has 0 amide bonds. The van der Waals surface area contributed by atoms with E-state index in [9.17, 15) is 4.79 Å². The fourth-order valence-electron chi connectivity index (χ4n) is 3.69. The van der Waals surface area contributed by atoms with Crippen LogP contribution in [0.3, 0.4) is 0 Å². The molecule has 0 saturated heterocycles. The molecule has 4 rings (SSSR count). The number of fused-ring (bicyclic) bond motifs is 2. The van der Waals surface area contributed by atoms with Crippen LogP contribution in [0.15, 0.2) is 53.3 Å². The summed E-state index contributed by atoms with van der Waals surface area (Å²) >= 11 is 0. The first-order valence-electron chi connectivity index (χ1n) is 9.04. The highest BCUT2D eigenvalue weighted by Gasteiger charge is 2.20. The Balaban J connectivity index is 2.05. The van der Waals surface area contributed by atoms with E-state index in [1.807, 2.05) is 36.4 Å². The molecule has 0 unspecified atom stereocenters. The summed E-state index contributed by atoms with van der Waals surface area (Å²) in [7, 11) is 0. The van der Waals surface area contributed by atoms with Gasteiger partial charge in [0.1, 0.15) is 5.69 Å². The van der Waals surface area contributed by atoms with Crippen LogP contribution in [-0.2, 0) is 13.0 Å². The molecule has 0 bridgehead atoms. The molecular weight excluding hydrogens is 324 g/mol. The van der Waals surface area contributed by atoms with Crippen LogP contribution in [0.1, 0.15) is 19.0 Å². The summed E-state index contributed by atoms with van der Waals surface area (Å²) < 4.78 is 2.29. The van der Waals surface area contributed by atoms with Gasteiger partial charge in [-0.2, -0.15) is 0 Å². The number of benzene rings is 2. The first-order valence-corrected chi connectivity index (χ1v) is 9.04. The molecule has 2 heterocycles. The molecule has 0 aliphatic heterocycles. The normalized spacial score (nSPS) is 11.5. The summed E-state index contributed by atoms with van der Waals surface area (Å²) in [4.78, 5) is 20.5. The van der Waals surface area contributed by atoms with Crippen LogP contribution in [-0.4, -0.2) is 21.1 Å². The summed E-state index contributed by atoms with van der Waals surface area (Å²) in [5.74, 6) is 0.